The Bertz CT molecular complexity index is 706. The zero-order valence-corrected chi connectivity index (χ0v) is 12.3. The summed E-state index contributed by atoms with van der Waals surface area (Å²) in [5.41, 5.74) is 3.04. The van der Waals surface area contributed by atoms with E-state index in [-0.39, 0.29) is 0 Å². The average molecular weight is 337 g/mol. The number of aromatic amines is 1. The molecule has 3 aromatic rings. The fraction of sp³-hybridized carbons (Fsp3) is 0.0714. The number of hydrogen-bond donors (Lipinski definition) is 2. The van der Waals surface area contributed by atoms with Gasteiger partial charge in [-0.05, 0) is 35.9 Å². The monoisotopic (exact) mass is 335 g/mol. The number of anilines is 1. The molecule has 0 spiro atoms. The molecule has 19 heavy (non-hydrogen) atoms. The van der Waals surface area contributed by atoms with Crippen LogP contribution >= 0.6 is 27.5 Å². The Morgan fingerprint density at radius 3 is 2.74 bits per heavy atom. The van der Waals surface area contributed by atoms with Gasteiger partial charge in [-0.25, -0.2) is 4.98 Å². The number of fused-ring (bicyclic) bond motifs is 1. The minimum Gasteiger partial charge on any atom is -0.352 e. The summed E-state index contributed by atoms with van der Waals surface area (Å²) in [5.74, 6) is 0.750. The van der Waals surface area contributed by atoms with Gasteiger partial charge in [0, 0.05) is 16.0 Å². The topological polar surface area (TPSA) is 40.7 Å². The molecule has 0 aliphatic rings. The van der Waals surface area contributed by atoms with Gasteiger partial charge in [-0.2, -0.15) is 0 Å². The lowest BCUT2D eigenvalue weighted by Gasteiger charge is -2.02. The second kappa shape index (κ2) is 5.23. The number of benzene rings is 2. The molecule has 2 aromatic carbocycles. The first kappa shape index (κ1) is 12.5. The third kappa shape index (κ3) is 2.91. The Hall–Kier alpha value is -1.52. The number of aromatic nitrogens is 2. The Balaban J connectivity index is 1.76. The molecule has 2 N–H and O–H groups in total. The molecule has 96 valence electrons. The maximum Gasteiger partial charge on any atom is 0.201 e. The zero-order chi connectivity index (χ0) is 13.2. The van der Waals surface area contributed by atoms with Crippen LogP contribution in [0, 0.1) is 0 Å². The van der Waals surface area contributed by atoms with Crippen molar-refractivity contribution in [1.82, 2.24) is 9.97 Å². The van der Waals surface area contributed by atoms with Crippen LogP contribution in [0.4, 0.5) is 5.95 Å². The number of nitrogens with zero attached hydrogens (tertiary/aromatic N) is 1. The van der Waals surface area contributed by atoms with Crippen LogP contribution in [0.2, 0.25) is 5.02 Å². The predicted octanol–water partition coefficient (Wildman–Crippen LogP) is 4.59. The molecule has 0 unspecified atom stereocenters. The average Bonchev–Trinajstić information content (AvgIpc) is 2.80. The number of hydrogen-bond acceptors (Lipinski definition) is 2. The largest absolute Gasteiger partial charge is 0.352 e. The number of nitrogens with one attached hydrogen (secondary N) is 2. The minimum atomic E-state index is 0.704. The molecule has 0 aliphatic heterocycles. The van der Waals surface area contributed by atoms with Crippen LogP contribution in [0.3, 0.4) is 0 Å². The summed E-state index contributed by atoms with van der Waals surface area (Å²) in [6.45, 7) is 0.723. The molecule has 0 bridgehead atoms. The quantitative estimate of drug-likeness (QED) is 0.734. The van der Waals surface area contributed by atoms with Gasteiger partial charge in [0.15, 0.2) is 0 Å². The second-order valence-electron chi connectivity index (χ2n) is 4.23. The molecule has 0 radical (unpaired) electrons. The lowest BCUT2D eigenvalue weighted by molar-refractivity contribution is 1.10. The van der Waals surface area contributed by atoms with Gasteiger partial charge in [0.25, 0.3) is 0 Å². The minimum absolute atomic E-state index is 0.704. The summed E-state index contributed by atoms with van der Waals surface area (Å²) in [4.78, 5) is 7.65. The number of halogens is 2. The normalized spacial score (nSPS) is 10.8. The van der Waals surface area contributed by atoms with E-state index in [1.807, 2.05) is 30.3 Å². The first-order chi connectivity index (χ1) is 9.20. The van der Waals surface area contributed by atoms with Crippen LogP contribution < -0.4 is 5.32 Å². The molecule has 0 saturated heterocycles. The van der Waals surface area contributed by atoms with E-state index < -0.39 is 0 Å². The van der Waals surface area contributed by atoms with E-state index in [0.717, 1.165) is 28.0 Å². The van der Waals surface area contributed by atoms with Crippen LogP contribution in [-0.2, 0) is 6.54 Å². The van der Waals surface area contributed by atoms with Gasteiger partial charge in [-0.3, -0.25) is 0 Å². The predicted molar refractivity (Wildman–Crippen MR) is 82.6 cm³/mol. The SMILES string of the molecule is Clc1ccc2nc(NCc3ccc(Br)cc3)[nH]c2c1. The van der Waals surface area contributed by atoms with Gasteiger partial charge >= 0.3 is 0 Å². The summed E-state index contributed by atoms with van der Waals surface area (Å²) in [7, 11) is 0. The van der Waals surface area contributed by atoms with Gasteiger partial charge < -0.3 is 10.3 Å². The van der Waals surface area contributed by atoms with Crippen LogP contribution in [0.1, 0.15) is 5.56 Å². The maximum atomic E-state index is 5.94. The second-order valence-corrected chi connectivity index (χ2v) is 5.58. The molecule has 3 nitrogen and oxygen atoms in total. The fourth-order valence-electron chi connectivity index (χ4n) is 1.85. The van der Waals surface area contributed by atoms with Crippen molar-refractivity contribution in [3.63, 3.8) is 0 Å². The highest BCUT2D eigenvalue weighted by atomic mass is 79.9. The molecule has 1 heterocycles. The van der Waals surface area contributed by atoms with Crippen LogP contribution in [0.25, 0.3) is 11.0 Å². The van der Waals surface area contributed by atoms with Crippen LogP contribution in [0.15, 0.2) is 46.9 Å². The summed E-state index contributed by atoms with van der Waals surface area (Å²) in [5, 5.41) is 3.97. The van der Waals surface area contributed by atoms with Crippen molar-refractivity contribution >= 4 is 44.5 Å². The van der Waals surface area contributed by atoms with Crippen molar-refractivity contribution in [3.8, 4) is 0 Å². The van der Waals surface area contributed by atoms with Gasteiger partial charge in [0.05, 0.1) is 11.0 Å². The van der Waals surface area contributed by atoms with E-state index in [2.05, 4.69) is 43.3 Å². The smallest absolute Gasteiger partial charge is 0.201 e. The molecular formula is C14H11BrClN3. The molecule has 0 fully saturated rings. The van der Waals surface area contributed by atoms with Gasteiger partial charge in [-0.1, -0.05) is 39.7 Å². The lowest BCUT2D eigenvalue weighted by atomic mass is 10.2. The Kier molecular flexibility index (Phi) is 3.44. The molecule has 0 aliphatic carbocycles. The van der Waals surface area contributed by atoms with Crippen molar-refractivity contribution < 1.29 is 0 Å². The fourth-order valence-corrected chi connectivity index (χ4v) is 2.29. The molecule has 5 heteroatoms. The summed E-state index contributed by atoms with van der Waals surface area (Å²) < 4.78 is 1.08. The van der Waals surface area contributed by atoms with Crippen molar-refractivity contribution in [2.75, 3.05) is 5.32 Å². The first-order valence-electron chi connectivity index (χ1n) is 5.84. The molecular weight excluding hydrogens is 326 g/mol. The van der Waals surface area contributed by atoms with Crippen molar-refractivity contribution in [3.05, 3.63) is 57.5 Å². The van der Waals surface area contributed by atoms with E-state index in [4.69, 9.17) is 11.6 Å². The first-order valence-corrected chi connectivity index (χ1v) is 7.01. The van der Waals surface area contributed by atoms with Gasteiger partial charge in [0.1, 0.15) is 0 Å². The maximum absolute atomic E-state index is 5.94. The molecule has 0 atom stereocenters. The summed E-state index contributed by atoms with van der Waals surface area (Å²) >= 11 is 9.36. The zero-order valence-electron chi connectivity index (χ0n) is 9.95. The summed E-state index contributed by atoms with van der Waals surface area (Å²) in [6.07, 6.45) is 0. The highest BCUT2D eigenvalue weighted by Gasteiger charge is 2.02. The van der Waals surface area contributed by atoms with E-state index in [1.165, 1.54) is 5.56 Å². The van der Waals surface area contributed by atoms with Crippen LogP contribution in [-0.4, -0.2) is 9.97 Å². The lowest BCUT2D eigenvalue weighted by Crippen LogP contribution is -2.00. The van der Waals surface area contributed by atoms with Gasteiger partial charge in [-0.15, -0.1) is 0 Å². The molecule has 1 aromatic heterocycles. The highest BCUT2D eigenvalue weighted by molar-refractivity contribution is 9.10. The van der Waals surface area contributed by atoms with E-state index in [0.29, 0.717) is 5.02 Å². The number of rotatable bonds is 3. The third-order valence-electron chi connectivity index (χ3n) is 2.82. The van der Waals surface area contributed by atoms with E-state index >= 15 is 0 Å². The Labute approximate surface area is 124 Å². The van der Waals surface area contributed by atoms with Crippen molar-refractivity contribution in [2.45, 2.75) is 6.54 Å². The van der Waals surface area contributed by atoms with Crippen LogP contribution in [0.5, 0.6) is 0 Å². The number of imidazole rings is 1. The summed E-state index contributed by atoms with van der Waals surface area (Å²) in [6, 6.07) is 13.8. The third-order valence-corrected chi connectivity index (χ3v) is 3.58. The standard InChI is InChI=1S/C14H11BrClN3/c15-10-3-1-9(2-4-10)8-17-14-18-12-6-5-11(16)7-13(12)19-14/h1-7H,8H2,(H2,17,18,19). The van der Waals surface area contributed by atoms with Crippen molar-refractivity contribution in [1.29, 1.82) is 0 Å². The Morgan fingerprint density at radius 1 is 1.16 bits per heavy atom. The molecule has 3 rings (SSSR count). The number of H-pyrrole nitrogens is 1. The van der Waals surface area contributed by atoms with Crippen molar-refractivity contribution in [2.24, 2.45) is 0 Å². The van der Waals surface area contributed by atoms with E-state index in [1.54, 1.807) is 0 Å². The highest BCUT2D eigenvalue weighted by Crippen LogP contribution is 2.19. The van der Waals surface area contributed by atoms with Gasteiger partial charge in [0.2, 0.25) is 5.95 Å². The van der Waals surface area contributed by atoms with E-state index in [9.17, 15) is 0 Å². The molecule has 0 saturated carbocycles. The Morgan fingerprint density at radius 2 is 1.95 bits per heavy atom. The molecule has 0 amide bonds.